The van der Waals surface area contributed by atoms with Crippen molar-refractivity contribution in [3.8, 4) is 0 Å². The Hall–Kier alpha value is -0.990. The van der Waals surface area contributed by atoms with Crippen LogP contribution >= 0.6 is 0 Å². The molecule has 1 aliphatic heterocycles. The summed E-state index contributed by atoms with van der Waals surface area (Å²) in [4.78, 5) is 11.4. The predicted octanol–water partition coefficient (Wildman–Crippen LogP) is 2.02. The second kappa shape index (κ2) is 4.90. The first-order valence-electron chi connectivity index (χ1n) is 4.81. The Kier molecular flexibility index (Phi) is 3.80. The molecule has 0 atom stereocenters. The van der Waals surface area contributed by atoms with Gasteiger partial charge in [-0.15, -0.1) is 0 Å². The topological polar surface area (TPSA) is 35.5 Å². The average Bonchev–Trinajstić information content (AvgIpc) is 2.59. The lowest BCUT2D eigenvalue weighted by Crippen LogP contribution is -2.09. The van der Waals surface area contributed by atoms with Crippen LogP contribution in [-0.2, 0) is 14.3 Å². The van der Waals surface area contributed by atoms with Crippen molar-refractivity contribution >= 4 is 5.97 Å². The summed E-state index contributed by atoms with van der Waals surface area (Å²) >= 11 is 0. The molecule has 0 saturated carbocycles. The van der Waals surface area contributed by atoms with Crippen LogP contribution in [0, 0.1) is 0 Å². The summed E-state index contributed by atoms with van der Waals surface area (Å²) in [5, 5.41) is 0. The predicted molar refractivity (Wildman–Crippen MR) is 49.1 cm³/mol. The molecule has 0 aromatic heterocycles. The molecular formula is C10H16O3. The molecule has 3 heteroatoms. The van der Waals surface area contributed by atoms with Crippen LogP contribution in [0.3, 0.4) is 0 Å². The third-order valence-electron chi connectivity index (χ3n) is 2.04. The SMILES string of the molecule is CCOC(=O)/C(CC)=C1\CCCO1. The molecule has 3 nitrogen and oxygen atoms in total. The van der Waals surface area contributed by atoms with Gasteiger partial charge in [0.15, 0.2) is 0 Å². The summed E-state index contributed by atoms with van der Waals surface area (Å²) < 4.78 is 10.3. The molecule has 0 aromatic rings. The number of carbonyl (C=O) groups is 1. The molecular weight excluding hydrogens is 168 g/mol. The highest BCUT2D eigenvalue weighted by molar-refractivity contribution is 5.88. The van der Waals surface area contributed by atoms with Gasteiger partial charge in [0.25, 0.3) is 0 Å². The molecule has 0 amide bonds. The molecule has 0 spiro atoms. The Morgan fingerprint density at radius 1 is 1.54 bits per heavy atom. The van der Waals surface area contributed by atoms with Crippen molar-refractivity contribution in [3.63, 3.8) is 0 Å². The fourth-order valence-corrected chi connectivity index (χ4v) is 1.41. The van der Waals surface area contributed by atoms with Crippen molar-refractivity contribution < 1.29 is 14.3 Å². The van der Waals surface area contributed by atoms with E-state index in [-0.39, 0.29) is 5.97 Å². The summed E-state index contributed by atoms with van der Waals surface area (Å²) in [6.07, 6.45) is 2.58. The van der Waals surface area contributed by atoms with E-state index in [4.69, 9.17) is 9.47 Å². The maximum Gasteiger partial charge on any atom is 0.337 e. The van der Waals surface area contributed by atoms with Gasteiger partial charge < -0.3 is 9.47 Å². The molecule has 0 radical (unpaired) electrons. The molecule has 0 aromatic carbocycles. The van der Waals surface area contributed by atoms with E-state index in [0.29, 0.717) is 18.6 Å². The number of esters is 1. The molecule has 1 fully saturated rings. The summed E-state index contributed by atoms with van der Waals surface area (Å²) in [5.41, 5.74) is 0.708. The van der Waals surface area contributed by atoms with E-state index in [9.17, 15) is 4.79 Å². The van der Waals surface area contributed by atoms with E-state index < -0.39 is 0 Å². The van der Waals surface area contributed by atoms with E-state index in [0.717, 1.165) is 25.2 Å². The van der Waals surface area contributed by atoms with Crippen molar-refractivity contribution in [3.05, 3.63) is 11.3 Å². The van der Waals surface area contributed by atoms with Crippen molar-refractivity contribution in [2.24, 2.45) is 0 Å². The average molecular weight is 184 g/mol. The second-order valence-electron chi connectivity index (χ2n) is 2.93. The molecule has 1 heterocycles. The van der Waals surface area contributed by atoms with Crippen LogP contribution in [0.2, 0.25) is 0 Å². The van der Waals surface area contributed by atoms with Gasteiger partial charge in [-0.1, -0.05) is 6.92 Å². The van der Waals surface area contributed by atoms with Crippen molar-refractivity contribution in [2.75, 3.05) is 13.2 Å². The minimum atomic E-state index is -0.220. The van der Waals surface area contributed by atoms with Crippen LogP contribution in [0.4, 0.5) is 0 Å². The summed E-state index contributed by atoms with van der Waals surface area (Å²) in [5.74, 6) is 0.614. The zero-order valence-corrected chi connectivity index (χ0v) is 8.26. The lowest BCUT2D eigenvalue weighted by molar-refractivity contribution is -0.138. The first-order valence-corrected chi connectivity index (χ1v) is 4.81. The molecule has 0 N–H and O–H groups in total. The van der Waals surface area contributed by atoms with Gasteiger partial charge in [0.2, 0.25) is 0 Å². The smallest absolute Gasteiger partial charge is 0.337 e. The Bertz CT molecular complexity index is 210. The van der Waals surface area contributed by atoms with Gasteiger partial charge in [-0.05, 0) is 19.8 Å². The lowest BCUT2D eigenvalue weighted by atomic mass is 10.1. The van der Waals surface area contributed by atoms with Gasteiger partial charge in [-0.2, -0.15) is 0 Å². The van der Waals surface area contributed by atoms with Gasteiger partial charge in [-0.3, -0.25) is 0 Å². The molecule has 1 aliphatic rings. The highest BCUT2D eigenvalue weighted by Gasteiger charge is 2.19. The standard InChI is InChI=1S/C10H16O3/c1-3-8(10(11)12-4-2)9-6-5-7-13-9/h3-7H2,1-2H3/b9-8+. The van der Waals surface area contributed by atoms with E-state index in [1.54, 1.807) is 0 Å². The fourth-order valence-electron chi connectivity index (χ4n) is 1.41. The zero-order valence-electron chi connectivity index (χ0n) is 8.26. The summed E-state index contributed by atoms with van der Waals surface area (Å²) in [6, 6.07) is 0. The van der Waals surface area contributed by atoms with Crippen molar-refractivity contribution in [1.82, 2.24) is 0 Å². The van der Waals surface area contributed by atoms with Gasteiger partial charge >= 0.3 is 5.97 Å². The normalized spacial score (nSPS) is 19.5. The second-order valence-corrected chi connectivity index (χ2v) is 2.93. The number of allylic oxidation sites excluding steroid dienone is 1. The van der Waals surface area contributed by atoms with Crippen LogP contribution < -0.4 is 0 Å². The van der Waals surface area contributed by atoms with Gasteiger partial charge in [-0.25, -0.2) is 4.79 Å². The Morgan fingerprint density at radius 3 is 2.77 bits per heavy atom. The lowest BCUT2D eigenvalue weighted by Gasteiger charge is -2.07. The van der Waals surface area contributed by atoms with Crippen molar-refractivity contribution in [2.45, 2.75) is 33.1 Å². The number of hydrogen-bond acceptors (Lipinski definition) is 3. The van der Waals surface area contributed by atoms with Crippen LogP contribution in [0.15, 0.2) is 11.3 Å². The number of hydrogen-bond donors (Lipinski definition) is 0. The van der Waals surface area contributed by atoms with Crippen LogP contribution in [0.5, 0.6) is 0 Å². The van der Waals surface area contributed by atoms with Gasteiger partial charge in [0.05, 0.1) is 18.8 Å². The minimum Gasteiger partial charge on any atom is -0.497 e. The quantitative estimate of drug-likeness (QED) is 0.497. The molecule has 0 unspecified atom stereocenters. The molecule has 1 rings (SSSR count). The molecule has 13 heavy (non-hydrogen) atoms. The maximum atomic E-state index is 11.4. The fraction of sp³-hybridized carbons (Fsp3) is 0.700. The molecule has 0 bridgehead atoms. The monoisotopic (exact) mass is 184 g/mol. The Labute approximate surface area is 78.7 Å². The number of ether oxygens (including phenoxy) is 2. The zero-order chi connectivity index (χ0) is 9.68. The number of carbonyl (C=O) groups excluding carboxylic acids is 1. The van der Waals surface area contributed by atoms with E-state index in [1.165, 1.54) is 0 Å². The van der Waals surface area contributed by atoms with Crippen molar-refractivity contribution in [1.29, 1.82) is 0 Å². The van der Waals surface area contributed by atoms with Gasteiger partial charge in [0, 0.05) is 6.42 Å². The van der Waals surface area contributed by atoms with Gasteiger partial charge in [0.1, 0.15) is 5.76 Å². The Balaban J connectivity index is 2.70. The van der Waals surface area contributed by atoms with Crippen LogP contribution in [0.1, 0.15) is 33.1 Å². The summed E-state index contributed by atoms with van der Waals surface area (Å²) in [7, 11) is 0. The highest BCUT2D eigenvalue weighted by atomic mass is 16.5. The van der Waals surface area contributed by atoms with E-state index in [1.807, 2.05) is 13.8 Å². The van der Waals surface area contributed by atoms with Crippen LogP contribution in [-0.4, -0.2) is 19.2 Å². The molecule has 74 valence electrons. The minimum absolute atomic E-state index is 0.220. The Morgan fingerprint density at radius 2 is 2.31 bits per heavy atom. The molecule has 1 saturated heterocycles. The largest absolute Gasteiger partial charge is 0.497 e. The van der Waals surface area contributed by atoms with E-state index in [2.05, 4.69) is 0 Å². The number of rotatable bonds is 3. The highest BCUT2D eigenvalue weighted by Crippen LogP contribution is 2.22. The van der Waals surface area contributed by atoms with E-state index >= 15 is 0 Å². The third-order valence-corrected chi connectivity index (χ3v) is 2.04. The van der Waals surface area contributed by atoms with Crippen LogP contribution in [0.25, 0.3) is 0 Å². The first-order chi connectivity index (χ1) is 6.29. The molecule has 0 aliphatic carbocycles. The third kappa shape index (κ3) is 2.47. The summed E-state index contributed by atoms with van der Waals surface area (Å²) in [6.45, 7) is 4.92. The first kappa shape index (κ1) is 10.1. The maximum absolute atomic E-state index is 11.4.